The Balaban J connectivity index is 0.000000123. The molecule has 0 aliphatic heterocycles. The Morgan fingerprint density at radius 3 is 0.801 bits per heavy atom. The largest absolute Gasteiger partial charge is 0.437 e. The quantitative estimate of drug-likeness (QED) is 0.0716. The second-order valence-electron chi connectivity index (χ2n) is 40.6. The fraction of sp³-hybridized carbons (Fsp3) is 0.339. The molecule has 0 unspecified atom stereocenters. The predicted octanol–water partition coefficient (Wildman–Crippen LogP) is 28.6. The molecule has 0 bridgehead atoms. The third-order valence-electron chi connectivity index (χ3n) is 26.4. The highest BCUT2D eigenvalue weighted by molar-refractivity contribution is 6.13. The van der Waals surface area contributed by atoms with E-state index in [4.69, 9.17) is 47.0 Å². The van der Waals surface area contributed by atoms with Crippen molar-refractivity contribution in [2.45, 2.75) is 209 Å². The van der Waals surface area contributed by atoms with Crippen molar-refractivity contribution in [1.29, 1.82) is 0 Å². The van der Waals surface area contributed by atoms with E-state index in [1.165, 1.54) is 67.0 Å². The molecule has 0 aliphatic carbocycles. The highest BCUT2D eigenvalue weighted by atomic mass is 16.4. The fourth-order valence-corrected chi connectivity index (χ4v) is 19.2. The zero-order valence-corrected chi connectivity index (χ0v) is 85.2. The molecule has 15 heteroatoms. The summed E-state index contributed by atoms with van der Waals surface area (Å²) in [7, 11) is 10.5. The lowest BCUT2D eigenvalue weighted by atomic mass is 9.97. The number of benzene rings is 5. The summed E-state index contributed by atoms with van der Waals surface area (Å²) >= 11 is 0. The number of aromatic nitrogens is 10. The maximum Gasteiger partial charge on any atom is 0.227 e. The summed E-state index contributed by atoms with van der Waals surface area (Å²) in [6, 6.07) is 65.3. The van der Waals surface area contributed by atoms with Gasteiger partial charge in [0.15, 0.2) is 58.9 Å². The van der Waals surface area contributed by atoms with Gasteiger partial charge in [-0.05, 0) is 246 Å². The van der Waals surface area contributed by atoms with E-state index in [9.17, 15) is 0 Å². The lowest BCUT2D eigenvalue weighted by Gasteiger charge is -2.09. The van der Waals surface area contributed by atoms with E-state index in [2.05, 4.69) is 423 Å². The Bertz CT molecular complexity index is 7880. The normalized spacial score (nSPS) is 11.9. The number of hydrogen-bond donors (Lipinski definition) is 0. The third-order valence-corrected chi connectivity index (χ3v) is 26.4. The Morgan fingerprint density at radius 2 is 0.515 bits per heavy atom. The summed E-state index contributed by atoms with van der Waals surface area (Å²) in [5.74, 6) is 3.87. The van der Waals surface area contributed by atoms with Gasteiger partial charge in [0.1, 0.15) is 35.2 Å². The molecule has 0 fully saturated rings. The fourth-order valence-electron chi connectivity index (χ4n) is 19.2. The molecule has 15 heterocycles. The molecule has 0 N–H and O–H groups in total. The van der Waals surface area contributed by atoms with Crippen molar-refractivity contribution in [3.05, 3.63) is 297 Å². The molecule has 0 amide bonds. The first-order valence-corrected chi connectivity index (χ1v) is 49.1. The summed E-state index contributed by atoms with van der Waals surface area (Å²) in [4.78, 5) is 24.0. The number of hydrogen-bond acceptors (Lipinski definition) is 10. The molecule has 15 nitrogen and oxygen atoms in total. The summed E-state index contributed by atoms with van der Waals surface area (Å²) in [6.07, 6.45) is 17.7. The van der Waals surface area contributed by atoms with Crippen molar-refractivity contribution in [1.82, 2.24) is 24.9 Å². The van der Waals surface area contributed by atoms with E-state index in [0.29, 0.717) is 41.4 Å². The first-order valence-electron chi connectivity index (χ1n) is 49.1. The van der Waals surface area contributed by atoms with Crippen LogP contribution >= 0.6 is 0 Å². The molecule has 0 atom stereocenters. The first kappa shape index (κ1) is 95.7. The smallest absolute Gasteiger partial charge is 0.227 e. The molecule has 0 aliphatic rings. The number of nitrogens with zero attached hydrogens (tertiary/aromatic N) is 10. The minimum Gasteiger partial charge on any atom is -0.437 e. The van der Waals surface area contributed by atoms with Crippen LogP contribution in [0.2, 0.25) is 0 Å². The molecule has 15 aromatic heterocycles. The van der Waals surface area contributed by atoms with Gasteiger partial charge in [-0.1, -0.05) is 171 Å². The van der Waals surface area contributed by atoms with Gasteiger partial charge >= 0.3 is 0 Å². The van der Waals surface area contributed by atoms with Crippen LogP contribution in [0.1, 0.15) is 207 Å². The van der Waals surface area contributed by atoms with E-state index in [0.717, 1.165) is 229 Å². The lowest BCUT2D eigenvalue weighted by molar-refractivity contribution is -0.660. The van der Waals surface area contributed by atoms with Crippen LogP contribution in [0.15, 0.2) is 235 Å². The van der Waals surface area contributed by atoms with Crippen LogP contribution in [0.4, 0.5) is 0 Å². The summed E-state index contributed by atoms with van der Waals surface area (Å²) in [5.41, 5.74) is 38.0. The molecular formula is C121H137N10O5+5. The molecule has 20 rings (SSSR count). The van der Waals surface area contributed by atoms with E-state index in [1.807, 2.05) is 0 Å². The van der Waals surface area contributed by atoms with Crippen LogP contribution < -0.4 is 22.8 Å². The molecule has 0 spiro atoms. The lowest BCUT2D eigenvalue weighted by Crippen LogP contribution is -2.31. The van der Waals surface area contributed by atoms with Gasteiger partial charge in [0, 0.05) is 141 Å². The van der Waals surface area contributed by atoms with Crippen LogP contribution in [0, 0.1) is 71.1 Å². The minimum atomic E-state index is 0.482. The Morgan fingerprint density at radius 1 is 0.243 bits per heavy atom. The maximum atomic E-state index is 6.37. The standard InChI is InChI=1S/2C25H29N2O.2C24H27N2O.C23H25N2O/c1-15(2)13-19-9-11-21-20-10-7-17(5)23(24(20)28-25(21)26-19)22-12-8-18(16(3)4)14-27(22)6;1-15(2)13-19-8-10-21-20-9-7-17(5)23(24(20)28-25(21)26-19)22-14-18(16(3)4)11-12-27(22)6;1-6-17-8-12-21(26(5)14-17)22-16(4)7-10-19-20-11-9-18(13-15(2)3)25-24(20)27-23(19)22;1-6-17-11-12-26(5)21(14-17)22-16(4)7-9-19-20-10-8-18(13-15(2)3)25-24(20)27-23(19)22;1-14(2)12-17-8-10-19-18-9-7-16(4)21(22(18)26-23(19)24-17)20-11-6-15(3)13-25(20)5/h2*7-12,14-16H,13H2,1-6H3;2*7-12,14-15H,6,13H2,1-5H3;6-11,13-14H,12H2,1-5H3/q5*+1. The van der Waals surface area contributed by atoms with Crippen LogP contribution in [-0.4, -0.2) is 24.9 Å². The van der Waals surface area contributed by atoms with Gasteiger partial charge in [0.2, 0.25) is 57.0 Å². The van der Waals surface area contributed by atoms with Crippen LogP contribution in [0.5, 0.6) is 0 Å². The monoisotopic (exact) mass is 1810 g/mol. The Hall–Kier alpha value is -13.4. The Kier molecular flexibility index (Phi) is 28.3. The topological polar surface area (TPSA) is 150 Å². The number of furan rings is 5. The number of pyridine rings is 10. The van der Waals surface area contributed by atoms with Crippen molar-refractivity contribution in [2.24, 2.45) is 64.8 Å². The molecule has 696 valence electrons. The second-order valence-corrected chi connectivity index (χ2v) is 40.6. The van der Waals surface area contributed by atoms with Gasteiger partial charge < -0.3 is 22.1 Å². The number of fused-ring (bicyclic) bond motifs is 15. The van der Waals surface area contributed by atoms with E-state index >= 15 is 0 Å². The first-order chi connectivity index (χ1) is 65.1. The SMILES string of the molecule is CCc1cc[n+](C)c(-c2c(C)ccc3c2oc2nc(CC(C)C)ccc23)c1.CCc1ccc(-c2c(C)ccc3c2oc2nc(CC(C)C)ccc23)[n+](C)c1.Cc1ccc(-c2c(C)ccc3c2oc2nc(CC(C)C)ccc23)[n+](C)c1.Cc1ccc2c(oc3nc(CC(C)C)ccc32)c1-c1cc(C(C)C)cc[n+]1C.Cc1ccc2c(oc3nc(CC(C)C)ccc32)c1-c1ccc(C(C)C)c[n+]1C. The van der Waals surface area contributed by atoms with Gasteiger partial charge in [0.25, 0.3) is 0 Å². The zero-order chi connectivity index (χ0) is 96.7. The summed E-state index contributed by atoms with van der Waals surface area (Å²) in [5, 5.41) is 11.1. The summed E-state index contributed by atoms with van der Waals surface area (Å²) in [6.45, 7) is 48.3. The van der Waals surface area contributed by atoms with Gasteiger partial charge in [-0.25, -0.2) is 47.8 Å². The highest BCUT2D eigenvalue weighted by Gasteiger charge is 2.30. The third kappa shape index (κ3) is 20.0. The average Bonchev–Trinajstić information content (AvgIpc) is 1.63. The van der Waals surface area contributed by atoms with Crippen LogP contribution in [0.3, 0.4) is 0 Å². The van der Waals surface area contributed by atoms with Gasteiger partial charge in [-0.3, -0.25) is 0 Å². The van der Waals surface area contributed by atoms with Crippen molar-refractivity contribution in [2.75, 3.05) is 0 Å². The molecule has 136 heavy (non-hydrogen) atoms. The molecular weight excluding hydrogens is 1670 g/mol. The second kappa shape index (κ2) is 40.3. The van der Waals surface area contributed by atoms with E-state index in [1.54, 1.807) is 0 Å². The molecule has 0 saturated carbocycles. The van der Waals surface area contributed by atoms with Crippen LogP contribution in [0.25, 0.3) is 167 Å². The molecule has 5 aromatic carbocycles. The van der Waals surface area contributed by atoms with Crippen molar-refractivity contribution in [3.63, 3.8) is 0 Å². The summed E-state index contributed by atoms with van der Waals surface area (Å²) < 4.78 is 42.6. The minimum absolute atomic E-state index is 0.482. The average molecular weight is 1810 g/mol. The Labute approximate surface area is 802 Å². The molecule has 0 saturated heterocycles. The van der Waals surface area contributed by atoms with Gasteiger partial charge in [-0.2, -0.15) is 0 Å². The maximum absolute atomic E-state index is 6.37. The highest BCUT2D eigenvalue weighted by Crippen LogP contribution is 2.44. The van der Waals surface area contributed by atoms with E-state index in [-0.39, 0.29) is 0 Å². The number of rotatable bonds is 19. The van der Waals surface area contributed by atoms with Crippen LogP contribution in [-0.2, 0) is 80.2 Å². The zero-order valence-electron chi connectivity index (χ0n) is 85.2. The van der Waals surface area contributed by atoms with Crippen molar-refractivity contribution in [3.8, 4) is 56.3 Å². The predicted molar refractivity (Wildman–Crippen MR) is 559 cm³/mol. The molecule has 0 radical (unpaired) electrons. The van der Waals surface area contributed by atoms with Gasteiger partial charge in [0.05, 0.1) is 27.8 Å². The molecule has 20 aromatic rings. The van der Waals surface area contributed by atoms with Gasteiger partial charge in [-0.15, -0.1) is 0 Å². The number of aryl methyl sites for hydroxylation is 13. The van der Waals surface area contributed by atoms with Crippen molar-refractivity contribution < 1.29 is 44.9 Å². The van der Waals surface area contributed by atoms with Crippen molar-refractivity contribution >= 4 is 110 Å². The van der Waals surface area contributed by atoms with E-state index < -0.39 is 0 Å².